The number of rotatable bonds is 55. The second-order valence-electron chi connectivity index (χ2n) is 32.9. The van der Waals surface area contributed by atoms with Crippen LogP contribution in [-0.2, 0) is 103 Å². The zero-order valence-electron chi connectivity index (χ0n) is 73.4. The number of likely N-dealkylation sites (tertiary alicyclic amines) is 1. The van der Waals surface area contributed by atoms with E-state index in [9.17, 15) is 114 Å². The molecule has 20 N–H and O–H groups in total. The highest BCUT2D eigenvalue weighted by Crippen LogP contribution is 2.46. The van der Waals surface area contributed by atoms with Crippen LogP contribution < -0.4 is 37.2 Å². The molecule has 7 rings (SSSR count). The van der Waals surface area contributed by atoms with Crippen LogP contribution in [0, 0.1) is 22.7 Å². The van der Waals surface area contributed by atoms with Crippen molar-refractivity contribution in [1.29, 1.82) is 0 Å². The largest absolute Gasteiger partial charge is 0.396 e. The van der Waals surface area contributed by atoms with E-state index in [1.807, 2.05) is 13.8 Å². The van der Waals surface area contributed by atoms with E-state index >= 15 is 0 Å². The molecule has 2 aromatic carbocycles. The van der Waals surface area contributed by atoms with Gasteiger partial charge in [0, 0.05) is 139 Å². The van der Waals surface area contributed by atoms with Crippen molar-refractivity contribution in [2.45, 2.75) is 223 Å². The van der Waals surface area contributed by atoms with Gasteiger partial charge in [-0.1, -0.05) is 39.8 Å². The van der Waals surface area contributed by atoms with Gasteiger partial charge in [0.2, 0.25) is 35.4 Å². The third-order valence-corrected chi connectivity index (χ3v) is 23.2. The van der Waals surface area contributed by atoms with E-state index in [1.165, 1.54) is 62.3 Å². The summed E-state index contributed by atoms with van der Waals surface area (Å²) in [7, 11) is 1.51. The van der Waals surface area contributed by atoms with Crippen LogP contribution in [0.2, 0.25) is 0 Å². The van der Waals surface area contributed by atoms with Crippen LogP contribution in [0.1, 0.15) is 145 Å². The average Bonchev–Trinajstić information content (AvgIpc) is 1.61. The number of carbonyl (C=O) groups excluding carboxylic acids is 10. The van der Waals surface area contributed by atoms with Gasteiger partial charge in [-0.15, -0.1) is 0 Å². The molecule has 8 amide bonds. The van der Waals surface area contributed by atoms with Crippen LogP contribution in [-0.4, -0.2) is 399 Å². The van der Waals surface area contributed by atoms with E-state index in [0.717, 1.165) is 0 Å². The van der Waals surface area contributed by atoms with Crippen LogP contribution in [0.15, 0.2) is 36.4 Å². The monoisotopic (exact) mass is 1830 g/mol. The Bertz CT molecular complexity index is 3860. The minimum absolute atomic E-state index is 0.00353. The van der Waals surface area contributed by atoms with E-state index in [-0.39, 0.29) is 193 Å². The summed E-state index contributed by atoms with van der Waals surface area (Å²) >= 11 is 0. The van der Waals surface area contributed by atoms with Crippen molar-refractivity contribution >= 4 is 58.8 Å². The zero-order valence-corrected chi connectivity index (χ0v) is 73.4. The highest BCUT2D eigenvalue weighted by molar-refractivity contribution is 6.09. The van der Waals surface area contributed by atoms with Crippen molar-refractivity contribution in [2.75, 3.05) is 152 Å². The maximum Gasteiger partial charge on any atom is 0.252 e. The maximum atomic E-state index is 14.5. The number of benzene rings is 2. The number of nitrogens with zero attached hydrogens (tertiary/aromatic N) is 1. The number of methoxy groups -OCH3 is 1. The zero-order chi connectivity index (χ0) is 94.0. The van der Waals surface area contributed by atoms with E-state index in [4.69, 9.17) is 61.6 Å². The molecule has 5 aliphatic heterocycles. The summed E-state index contributed by atoms with van der Waals surface area (Å²) in [6.07, 6.45) is -22.1. The molecule has 724 valence electrons. The molecule has 5 saturated heterocycles. The fourth-order valence-electron chi connectivity index (χ4n) is 15.2. The number of amides is 8. The van der Waals surface area contributed by atoms with Gasteiger partial charge in [0.25, 0.3) is 11.8 Å². The molecule has 0 radical (unpaired) electrons. The smallest absolute Gasteiger partial charge is 0.252 e. The first kappa shape index (κ1) is 108. The summed E-state index contributed by atoms with van der Waals surface area (Å²) in [5, 5.41) is 151. The minimum Gasteiger partial charge on any atom is -0.396 e. The molecule has 0 spiro atoms. The molecule has 5 unspecified atom stereocenters. The number of Topliss-reactive ketones (excluding diaryl/α,β-unsaturated/α-hetero) is 2. The van der Waals surface area contributed by atoms with Crippen molar-refractivity contribution in [3.05, 3.63) is 69.8 Å². The Hall–Kier alpha value is -7.50. The van der Waals surface area contributed by atoms with Crippen LogP contribution in [0.5, 0.6) is 0 Å². The molecule has 0 saturated carbocycles. The molecule has 0 bridgehead atoms. The number of aliphatic hydroxyl groups excluding tert-OH is 13. The summed E-state index contributed by atoms with van der Waals surface area (Å²) in [4.78, 5) is 138. The van der Waals surface area contributed by atoms with Gasteiger partial charge in [0.05, 0.1) is 129 Å². The Balaban J connectivity index is 1.03. The van der Waals surface area contributed by atoms with E-state index < -0.39 is 237 Å². The average molecular weight is 1830 g/mol. The summed E-state index contributed by atoms with van der Waals surface area (Å²) in [5.41, 5.74) is -1.00. The molecule has 0 aromatic heterocycles. The third-order valence-electron chi connectivity index (χ3n) is 23.2. The molecule has 44 nitrogen and oxygen atoms in total. The molecule has 23 atom stereocenters. The van der Waals surface area contributed by atoms with Crippen molar-refractivity contribution in [3.63, 3.8) is 0 Å². The first-order valence-electron chi connectivity index (χ1n) is 43.0. The molecular weight excluding hydrogens is 1700 g/mol. The maximum absolute atomic E-state index is 14.5. The van der Waals surface area contributed by atoms with E-state index in [1.54, 1.807) is 13.8 Å². The summed E-state index contributed by atoms with van der Waals surface area (Å²) < 4.78 is 73.5. The Kier molecular flexibility index (Phi) is 45.3. The van der Waals surface area contributed by atoms with Gasteiger partial charge in [-0.2, -0.15) is 0 Å². The lowest BCUT2D eigenvalue weighted by Crippen LogP contribution is -2.64. The lowest BCUT2D eigenvalue weighted by Gasteiger charge is -2.42. The molecule has 5 aliphatic rings. The van der Waals surface area contributed by atoms with Gasteiger partial charge in [-0.3, -0.25) is 47.9 Å². The van der Waals surface area contributed by atoms with Crippen molar-refractivity contribution in [1.82, 2.24) is 42.1 Å². The molecule has 128 heavy (non-hydrogen) atoms. The number of ketones is 2. The number of carbonyl (C=O) groups is 10. The van der Waals surface area contributed by atoms with Gasteiger partial charge in [0.15, 0.2) is 36.7 Å². The predicted molar refractivity (Wildman–Crippen MR) is 442 cm³/mol. The van der Waals surface area contributed by atoms with Gasteiger partial charge < -0.3 is 170 Å². The van der Waals surface area contributed by atoms with Crippen LogP contribution >= 0.6 is 0 Å². The second kappa shape index (κ2) is 53.9. The summed E-state index contributed by atoms with van der Waals surface area (Å²) in [6, 6.07) is 4.67. The van der Waals surface area contributed by atoms with Gasteiger partial charge in [0.1, 0.15) is 79.2 Å². The van der Waals surface area contributed by atoms with Crippen molar-refractivity contribution < 1.29 is 176 Å². The quantitative estimate of drug-likeness (QED) is 0.0216. The van der Waals surface area contributed by atoms with E-state index in [0.29, 0.717) is 11.1 Å². The highest BCUT2D eigenvalue weighted by atomic mass is 16.7. The Morgan fingerprint density at radius 3 is 1.24 bits per heavy atom. The molecule has 44 heteroatoms. The molecule has 2 aromatic rings. The van der Waals surface area contributed by atoms with Crippen molar-refractivity contribution in [2.24, 2.45) is 22.7 Å². The van der Waals surface area contributed by atoms with E-state index in [2.05, 4.69) is 37.2 Å². The first-order chi connectivity index (χ1) is 61.1. The number of nitrogens with one attached hydrogen (secondary N) is 7. The van der Waals surface area contributed by atoms with Gasteiger partial charge in [-0.25, -0.2) is 0 Å². The molecule has 0 aliphatic carbocycles. The fourth-order valence-corrected chi connectivity index (χ4v) is 15.2. The topological polar surface area (TPSA) is 641 Å². The lowest BCUT2D eigenvalue weighted by atomic mass is 9.69. The Labute approximate surface area is 741 Å². The molecular formula is C84H132N8O36. The molecule has 5 fully saturated rings. The number of hydrogen-bond donors (Lipinski definition) is 20. The minimum atomic E-state index is -1.56. The Morgan fingerprint density at radius 2 is 0.836 bits per heavy atom. The van der Waals surface area contributed by atoms with Gasteiger partial charge in [-0.05, 0) is 54.7 Å². The molecule has 5 heterocycles. The SMILES string of the molecule is COC[C@@]1(C)CN(C(=O)CCC(=O)NC(CCC(=O)NCc2ccc(C(=O)NCCOCCOC3O[C@H](CO)[C@H](O)[C@H](O)[C@H]3C)c(C(=O)CCCOCCOC3O[C@H](CO)[C@H](O)[C@H](O)[C@H]3NC(C)=O)c2)C(=O)NCc2ccc(C(=O)NCCOCCOC3O[C@H](CO)[C@H](O)[C@H](O)[C@H]3C)c(C(=O)CCCOCCOC3O[C@H](CO)[C@H](O)[C@H](O)[C@H]3NC(C)=O)c2)C[C@@]1(C)CO. The van der Waals surface area contributed by atoms with Crippen LogP contribution in [0.3, 0.4) is 0 Å². The predicted octanol–water partition coefficient (Wildman–Crippen LogP) is -6.29. The van der Waals surface area contributed by atoms with Gasteiger partial charge >= 0.3 is 0 Å². The standard InChI is InChI=1S/C84H132N8O36/c1-46-68(105)70(107)59(38-93)125-79(46)121-30-28-119-24-20-85-76(113)52-14-12-50(34-54(52)57(100)10-8-22-117-26-32-123-81-66(89-48(3)98)74(111)72(109)61(40-95)127-81)36-87-63(102)17-16-56(91-64(103)18-19-65(104)92-42-83(5,44-97)84(6,43-92)45-116-7)78(115)88-37-51-13-15-53(77(114)86-21-25-120-29-31-122-80-47(2)69(106)71(108)60(39-94)126-80)55(35-51)58(101)11-9-23-118-27-33-124-82-67(90-49(4)99)75(112)73(110)62(41-96)128-82/h12-15,34-35,46-47,56,59-62,66-75,79-82,93-97,105-112H,8-11,16-33,36-45H2,1-7H3,(H,85,113)(H,86,114)(H,87,102)(H,88,115)(H,89,98)(H,90,99)(H,91,103)/t46-,47-,56?,59-,60-,61-,62-,66-,67-,68-,69-,70+,71+,72+,73+,74-,75-,79?,80?,81?,82?,83+,84-/m1/s1. The van der Waals surface area contributed by atoms with Crippen molar-refractivity contribution in [3.8, 4) is 0 Å². The van der Waals surface area contributed by atoms with Crippen LogP contribution in [0.25, 0.3) is 0 Å². The number of aliphatic hydroxyl groups is 13. The third kappa shape index (κ3) is 31.3. The normalized spacial score (nSPS) is 29.0. The van der Waals surface area contributed by atoms with Crippen LogP contribution in [0.4, 0.5) is 0 Å². The fraction of sp³-hybridized carbons (Fsp3) is 0.738. The lowest BCUT2D eigenvalue weighted by molar-refractivity contribution is -0.284. The summed E-state index contributed by atoms with van der Waals surface area (Å²) in [5.74, 6) is -7.46. The summed E-state index contributed by atoms with van der Waals surface area (Å²) in [6.45, 7) is 5.83. The number of ether oxygens (including phenoxy) is 13. The Morgan fingerprint density at radius 1 is 0.445 bits per heavy atom. The first-order valence-corrected chi connectivity index (χ1v) is 43.0. The highest BCUT2D eigenvalue weighted by Gasteiger charge is 2.54. The second-order valence-corrected chi connectivity index (χ2v) is 32.9. The number of hydrogen-bond acceptors (Lipinski definition) is 36.